The Balaban J connectivity index is 2.70. The lowest BCUT2D eigenvalue weighted by Gasteiger charge is -2.02. The lowest BCUT2D eigenvalue weighted by Crippen LogP contribution is -2.24. The average Bonchev–Trinajstić information content (AvgIpc) is 2.52. The van der Waals surface area contributed by atoms with E-state index in [-0.39, 0.29) is 5.75 Å². The Hall–Kier alpha value is -2.24. The number of aryl methyl sites for hydroxylation is 1. The molecule has 0 aliphatic heterocycles. The summed E-state index contributed by atoms with van der Waals surface area (Å²) in [7, 11) is 0. The first-order valence-electron chi connectivity index (χ1n) is 4.29. The molecule has 0 saturated carbocycles. The molecule has 15 heavy (non-hydrogen) atoms. The van der Waals surface area contributed by atoms with Crippen LogP contribution in [0.25, 0.3) is 5.69 Å². The Morgan fingerprint density at radius 3 is 2.33 bits per heavy atom. The van der Waals surface area contributed by atoms with Crippen LogP contribution in [0, 0.1) is 6.92 Å². The van der Waals surface area contributed by atoms with E-state index in [9.17, 15) is 14.7 Å². The van der Waals surface area contributed by atoms with E-state index in [0.717, 1.165) is 4.57 Å². The number of phenols is 1. The van der Waals surface area contributed by atoms with E-state index >= 15 is 0 Å². The summed E-state index contributed by atoms with van der Waals surface area (Å²) in [6, 6.07) is 4.48. The molecule has 0 unspecified atom stereocenters. The maximum atomic E-state index is 11.3. The second-order valence-electron chi connectivity index (χ2n) is 3.17. The van der Waals surface area contributed by atoms with Gasteiger partial charge in [-0.1, -0.05) is 0 Å². The lowest BCUT2D eigenvalue weighted by atomic mass is 10.2. The predicted octanol–water partition coefficient (Wildman–Crippen LogP) is -0.132. The molecular formula is C9H9N3O3. The number of aromatic hydroxyl groups is 1. The van der Waals surface area contributed by atoms with Gasteiger partial charge in [0.1, 0.15) is 5.75 Å². The average molecular weight is 207 g/mol. The third kappa shape index (κ3) is 1.45. The van der Waals surface area contributed by atoms with Crippen molar-refractivity contribution >= 4 is 0 Å². The van der Waals surface area contributed by atoms with Crippen LogP contribution in [-0.4, -0.2) is 19.9 Å². The minimum absolute atomic E-state index is 0.124. The van der Waals surface area contributed by atoms with Crippen LogP contribution in [0.3, 0.4) is 0 Å². The summed E-state index contributed by atoms with van der Waals surface area (Å²) in [5.74, 6) is 0.124. The van der Waals surface area contributed by atoms with E-state index in [0.29, 0.717) is 11.3 Å². The molecule has 6 nitrogen and oxygen atoms in total. The molecule has 0 saturated heterocycles. The summed E-state index contributed by atoms with van der Waals surface area (Å²) in [4.78, 5) is 22.5. The third-order valence-corrected chi connectivity index (χ3v) is 2.12. The molecule has 2 aromatic rings. The minimum atomic E-state index is -0.537. The molecule has 1 aromatic carbocycles. The molecule has 2 rings (SSSR count). The molecule has 0 aliphatic rings. The standard InChI is InChI=1S/C9H9N3O3/c1-5-4-6(2-3-7(5)13)12-8(14)10-11-9(12)15/h2-4,13H,1H3,(H,10,14)(H,11,15). The van der Waals surface area contributed by atoms with Crippen LogP contribution in [-0.2, 0) is 0 Å². The summed E-state index contributed by atoms with van der Waals surface area (Å²) in [6.07, 6.45) is 0. The van der Waals surface area contributed by atoms with Gasteiger partial charge in [0, 0.05) is 0 Å². The van der Waals surface area contributed by atoms with Crippen LogP contribution in [0.4, 0.5) is 0 Å². The minimum Gasteiger partial charge on any atom is -0.508 e. The van der Waals surface area contributed by atoms with E-state index in [1.807, 2.05) is 0 Å². The zero-order chi connectivity index (χ0) is 11.0. The van der Waals surface area contributed by atoms with Gasteiger partial charge in [0.05, 0.1) is 5.69 Å². The van der Waals surface area contributed by atoms with Crippen LogP contribution >= 0.6 is 0 Å². The number of hydrogen-bond donors (Lipinski definition) is 3. The highest BCUT2D eigenvalue weighted by molar-refractivity contribution is 5.42. The molecule has 78 valence electrons. The van der Waals surface area contributed by atoms with Crippen LogP contribution in [0.15, 0.2) is 27.8 Å². The number of hydrogen-bond acceptors (Lipinski definition) is 3. The molecule has 1 heterocycles. The zero-order valence-electron chi connectivity index (χ0n) is 7.94. The van der Waals surface area contributed by atoms with Gasteiger partial charge < -0.3 is 5.11 Å². The van der Waals surface area contributed by atoms with Crippen molar-refractivity contribution in [3.8, 4) is 11.4 Å². The first-order valence-corrected chi connectivity index (χ1v) is 4.29. The number of benzene rings is 1. The van der Waals surface area contributed by atoms with Crippen molar-refractivity contribution in [3.63, 3.8) is 0 Å². The second-order valence-corrected chi connectivity index (χ2v) is 3.17. The van der Waals surface area contributed by atoms with Crippen LogP contribution in [0.5, 0.6) is 5.75 Å². The molecule has 0 atom stereocenters. The number of aromatic nitrogens is 3. The molecule has 0 amide bonds. The Morgan fingerprint density at radius 1 is 1.20 bits per heavy atom. The maximum absolute atomic E-state index is 11.3. The van der Waals surface area contributed by atoms with Crippen molar-refractivity contribution < 1.29 is 5.11 Å². The second kappa shape index (κ2) is 3.16. The topological polar surface area (TPSA) is 90.9 Å². The zero-order valence-corrected chi connectivity index (χ0v) is 7.94. The van der Waals surface area contributed by atoms with E-state index in [4.69, 9.17) is 0 Å². The van der Waals surface area contributed by atoms with Crippen molar-refractivity contribution in [1.82, 2.24) is 14.8 Å². The molecule has 3 N–H and O–H groups in total. The van der Waals surface area contributed by atoms with Crippen molar-refractivity contribution in [2.24, 2.45) is 0 Å². The van der Waals surface area contributed by atoms with Crippen LogP contribution in [0.2, 0.25) is 0 Å². The summed E-state index contributed by atoms with van der Waals surface area (Å²) in [5, 5.41) is 13.7. The molecule has 0 fully saturated rings. The normalized spacial score (nSPS) is 10.5. The van der Waals surface area contributed by atoms with E-state index in [1.165, 1.54) is 12.1 Å². The fourth-order valence-corrected chi connectivity index (χ4v) is 1.32. The molecule has 0 spiro atoms. The first kappa shape index (κ1) is 9.32. The molecule has 1 aromatic heterocycles. The van der Waals surface area contributed by atoms with Crippen molar-refractivity contribution in [2.75, 3.05) is 0 Å². The van der Waals surface area contributed by atoms with E-state index < -0.39 is 11.4 Å². The number of H-pyrrole nitrogens is 2. The monoisotopic (exact) mass is 207 g/mol. The number of nitrogens with zero attached hydrogens (tertiary/aromatic N) is 1. The van der Waals surface area contributed by atoms with Gasteiger partial charge in [-0.2, -0.15) is 0 Å². The summed E-state index contributed by atoms with van der Waals surface area (Å²) < 4.78 is 0.951. The van der Waals surface area contributed by atoms with Gasteiger partial charge in [-0.3, -0.25) is 0 Å². The number of phenolic OH excluding ortho intramolecular Hbond substituents is 1. The van der Waals surface area contributed by atoms with Gasteiger partial charge in [-0.25, -0.2) is 24.4 Å². The Morgan fingerprint density at radius 2 is 1.80 bits per heavy atom. The highest BCUT2D eigenvalue weighted by Crippen LogP contribution is 2.17. The van der Waals surface area contributed by atoms with Crippen molar-refractivity contribution in [2.45, 2.75) is 6.92 Å². The van der Waals surface area contributed by atoms with Crippen LogP contribution in [0.1, 0.15) is 5.56 Å². The fourth-order valence-electron chi connectivity index (χ4n) is 1.32. The lowest BCUT2D eigenvalue weighted by molar-refractivity contribution is 0.471. The Kier molecular flexibility index (Phi) is 1.96. The highest BCUT2D eigenvalue weighted by Gasteiger charge is 2.06. The molecule has 0 bridgehead atoms. The van der Waals surface area contributed by atoms with Gasteiger partial charge in [0.25, 0.3) is 0 Å². The Labute approximate surface area is 83.8 Å². The van der Waals surface area contributed by atoms with Gasteiger partial charge in [-0.15, -0.1) is 0 Å². The van der Waals surface area contributed by atoms with Crippen molar-refractivity contribution in [3.05, 3.63) is 44.7 Å². The van der Waals surface area contributed by atoms with Gasteiger partial charge >= 0.3 is 11.4 Å². The fraction of sp³-hybridized carbons (Fsp3) is 0.111. The maximum Gasteiger partial charge on any atom is 0.348 e. The quantitative estimate of drug-likeness (QED) is 0.608. The highest BCUT2D eigenvalue weighted by atomic mass is 16.3. The SMILES string of the molecule is Cc1cc(-n2c(=O)[nH][nH]c2=O)ccc1O. The number of aromatic amines is 2. The molecule has 0 radical (unpaired) electrons. The molecular weight excluding hydrogens is 198 g/mol. The van der Waals surface area contributed by atoms with Crippen molar-refractivity contribution in [1.29, 1.82) is 0 Å². The summed E-state index contributed by atoms with van der Waals surface area (Å²) >= 11 is 0. The van der Waals surface area contributed by atoms with E-state index in [2.05, 4.69) is 10.2 Å². The Bertz CT molecular complexity index is 578. The predicted molar refractivity (Wildman–Crippen MR) is 53.4 cm³/mol. The largest absolute Gasteiger partial charge is 0.508 e. The number of rotatable bonds is 1. The smallest absolute Gasteiger partial charge is 0.348 e. The van der Waals surface area contributed by atoms with Gasteiger partial charge in [0.2, 0.25) is 0 Å². The number of nitrogens with one attached hydrogen (secondary N) is 2. The summed E-state index contributed by atoms with van der Waals surface area (Å²) in [5.41, 5.74) is -0.0621. The van der Waals surface area contributed by atoms with Gasteiger partial charge in [0.15, 0.2) is 0 Å². The third-order valence-electron chi connectivity index (χ3n) is 2.12. The molecule has 6 heteroatoms. The van der Waals surface area contributed by atoms with Gasteiger partial charge in [-0.05, 0) is 30.7 Å². The first-order chi connectivity index (χ1) is 7.09. The summed E-state index contributed by atoms with van der Waals surface area (Å²) in [6.45, 7) is 1.69. The molecule has 0 aliphatic carbocycles. The van der Waals surface area contributed by atoms with Crippen LogP contribution < -0.4 is 11.4 Å². The van der Waals surface area contributed by atoms with E-state index in [1.54, 1.807) is 13.0 Å².